The van der Waals surface area contributed by atoms with Gasteiger partial charge in [0, 0.05) is 25.2 Å². The van der Waals surface area contributed by atoms with Gasteiger partial charge in [-0.2, -0.15) is 0 Å². The molecule has 0 fully saturated rings. The number of para-hydroxylation sites is 3. The third-order valence-electron chi connectivity index (χ3n) is 4.40. The van der Waals surface area contributed by atoms with E-state index in [0.717, 1.165) is 41.1 Å². The van der Waals surface area contributed by atoms with Crippen molar-refractivity contribution in [2.45, 2.75) is 32.7 Å². The summed E-state index contributed by atoms with van der Waals surface area (Å²) < 4.78 is 2.20. The number of hydrogen-bond donors (Lipinski definition) is 2. The number of nitrogens with two attached hydrogens (primary N) is 1. The summed E-state index contributed by atoms with van der Waals surface area (Å²) in [5.41, 5.74) is 9.84. The molecular weight excluding hydrogens is 383 g/mol. The zero-order valence-corrected chi connectivity index (χ0v) is 17.0. The van der Waals surface area contributed by atoms with Crippen molar-refractivity contribution >= 4 is 47.4 Å². The first-order chi connectivity index (χ1) is 12.1. The second kappa shape index (κ2) is 10.8. The lowest BCUT2D eigenvalue weighted by Crippen LogP contribution is -2.25. The molecule has 3 N–H and O–H groups in total. The Kier molecular flexibility index (Phi) is 9.12. The number of carbonyl (C=O) groups excluding carboxylic acids is 1. The molecule has 0 atom stereocenters. The molecule has 27 heavy (non-hydrogen) atoms. The maximum atomic E-state index is 12.0. The summed E-state index contributed by atoms with van der Waals surface area (Å²) in [6.45, 7) is 3.52. The molecule has 0 aliphatic rings. The van der Waals surface area contributed by atoms with Crippen molar-refractivity contribution in [3.05, 3.63) is 59.9 Å². The van der Waals surface area contributed by atoms with E-state index in [1.165, 1.54) is 0 Å². The van der Waals surface area contributed by atoms with E-state index in [4.69, 9.17) is 5.73 Å². The first-order valence-corrected chi connectivity index (χ1v) is 8.67. The zero-order valence-electron chi connectivity index (χ0n) is 15.4. The summed E-state index contributed by atoms with van der Waals surface area (Å²) in [6.07, 6.45) is 2.01. The summed E-state index contributed by atoms with van der Waals surface area (Å²) in [5.74, 6) is 1.07. The molecule has 3 rings (SSSR count). The molecule has 7 heteroatoms. The molecule has 0 radical (unpaired) electrons. The third-order valence-corrected chi connectivity index (χ3v) is 4.40. The Balaban J connectivity index is 0.00000182. The molecule has 146 valence electrons. The number of hydrogen-bond acceptors (Lipinski definition) is 3. The quantitative estimate of drug-likeness (QED) is 0.459. The van der Waals surface area contributed by atoms with E-state index in [1.54, 1.807) is 0 Å². The topological polar surface area (TPSA) is 72.9 Å². The monoisotopic (exact) mass is 408 g/mol. The minimum Gasteiger partial charge on any atom is -0.399 e. The Bertz CT molecular complexity index is 879. The van der Waals surface area contributed by atoms with Gasteiger partial charge < -0.3 is 15.6 Å². The number of carbonyl (C=O) groups is 1. The largest absolute Gasteiger partial charge is 0.399 e. The number of rotatable bonds is 7. The van der Waals surface area contributed by atoms with E-state index in [0.29, 0.717) is 19.4 Å². The molecule has 1 amide bonds. The van der Waals surface area contributed by atoms with Gasteiger partial charge in [0.05, 0.1) is 11.0 Å². The molecule has 5 nitrogen and oxygen atoms in total. The van der Waals surface area contributed by atoms with E-state index < -0.39 is 0 Å². The predicted molar refractivity (Wildman–Crippen MR) is 116 cm³/mol. The van der Waals surface area contributed by atoms with Crippen molar-refractivity contribution < 1.29 is 4.79 Å². The van der Waals surface area contributed by atoms with Crippen molar-refractivity contribution in [2.24, 2.45) is 0 Å². The lowest BCUT2D eigenvalue weighted by molar-refractivity contribution is -0.121. The maximum Gasteiger partial charge on any atom is 0.220 e. The molecule has 0 spiro atoms. The van der Waals surface area contributed by atoms with Crippen LogP contribution in [0.3, 0.4) is 0 Å². The van der Waals surface area contributed by atoms with Gasteiger partial charge >= 0.3 is 0 Å². The van der Waals surface area contributed by atoms with Gasteiger partial charge in [-0.3, -0.25) is 4.79 Å². The molecular formula is C20H26Cl2N4O. The van der Waals surface area contributed by atoms with Crippen LogP contribution in [0.1, 0.15) is 24.2 Å². The highest BCUT2D eigenvalue weighted by Crippen LogP contribution is 2.15. The lowest BCUT2D eigenvalue weighted by atomic mass is 10.1. The summed E-state index contributed by atoms with van der Waals surface area (Å²) in [4.78, 5) is 16.6. The average Bonchev–Trinajstić information content (AvgIpc) is 2.93. The molecule has 0 aliphatic carbocycles. The number of nitrogen functional groups attached to an aromatic ring is 1. The van der Waals surface area contributed by atoms with E-state index in [-0.39, 0.29) is 30.7 Å². The lowest BCUT2D eigenvalue weighted by Gasteiger charge is -2.09. The highest BCUT2D eigenvalue weighted by molar-refractivity contribution is 5.85. The van der Waals surface area contributed by atoms with Gasteiger partial charge in [0.1, 0.15) is 5.82 Å². The third kappa shape index (κ3) is 5.88. The summed E-state index contributed by atoms with van der Waals surface area (Å²) in [6, 6.07) is 15.8. The van der Waals surface area contributed by atoms with Crippen LogP contribution in [0.4, 0.5) is 5.69 Å². The maximum absolute atomic E-state index is 12.0. The molecule has 1 heterocycles. The Hall–Kier alpha value is -2.24. The number of benzene rings is 2. The van der Waals surface area contributed by atoms with Crippen LogP contribution in [0, 0.1) is 6.92 Å². The van der Waals surface area contributed by atoms with Gasteiger partial charge in [-0.05, 0) is 43.5 Å². The second-order valence-electron chi connectivity index (χ2n) is 6.20. The molecule has 3 aromatic rings. The molecule has 0 unspecified atom stereocenters. The molecule has 0 saturated carbocycles. The molecule has 0 aliphatic heterocycles. The number of nitrogens with one attached hydrogen (secondary N) is 1. The van der Waals surface area contributed by atoms with Crippen molar-refractivity contribution in [2.75, 3.05) is 12.3 Å². The Labute approximate surface area is 172 Å². The van der Waals surface area contributed by atoms with Crippen molar-refractivity contribution in [3.63, 3.8) is 0 Å². The number of aryl methyl sites for hydroxylation is 3. The first-order valence-electron chi connectivity index (χ1n) is 8.67. The number of halogens is 2. The fraction of sp³-hybridized carbons (Fsp3) is 0.300. The number of imidazole rings is 1. The van der Waals surface area contributed by atoms with E-state index in [9.17, 15) is 4.79 Å². The number of amides is 1. The van der Waals surface area contributed by atoms with Gasteiger partial charge in [0.15, 0.2) is 0 Å². The van der Waals surface area contributed by atoms with Gasteiger partial charge in [-0.25, -0.2) is 4.98 Å². The van der Waals surface area contributed by atoms with Crippen LogP contribution in [0.25, 0.3) is 11.0 Å². The number of fused-ring (bicyclic) bond motifs is 1. The van der Waals surface area contributed by atoms with Gasteiger partial charge in [-0.15, -0.1) is 24.8 Å². The summed E-state index contributed by atoms with van der Waals surface area (Å²) in [7, 11) is 0. The van der Waals surface area contributed by atoms with Crippen LogP contribution in [0.5, 0.6) is 0 Å². The normalized spacial score (nSPS) is 10.1. The second-order valence-corrected chi connectivity index (χ2v) is 6.20. The zero-order chi connectivity index (χ0) is 17.6. The highest BCUT2D eigenvalue weighted by Gasteiger charge is 2.07. The van der Waals surface area contributed by atoms with Crippen LogP contribution in [-0.2, 0) is 17.8 Å². The highest BCUT2D eigenvalue weighted by atomic mass is 35.5. The van der Waals surface area contributed by atoms with Crippen molar-refractivity contribution in [1.29, 1.82) is 0 Å². The summed E-state index contributed by atoms with van der Waals surface area (Å²) >= 11 is 0. The van der Waals surface area contributed by atoms with Crippen LogP contribution < -0.4 is 11.1 Å². The van der Waals surface area contributed by atoms with E-state index in [2.05, 4.69) is 20.9 Å². The standard InChI is InChI=1S/C20H24N4O.2ClH/c1-15-23-18-9-4-5-10-19(18)24(15)14-6-13-22-20(25)12-11-16-7-2-3-8-17(16)21;;/h2-5,7-10H,6,11-14,21H2,1H3,(H,22,25);2*1H. The Morgan fingerprint density at radius 2 is 1.81 bits per heavy atom. The van der Waals surface area contributed by atoms with Crippen molar-refractivity contribution in [3.8, 4) is 0 Å². The number of anilines is 1. The van der Waals surface area contributed by atoms with Crippen LogP contribution >= 0.6 is 24.8 Å². The van der Waals surface area contributed by atoms with Gasteiger partial charge in [0.25, 0.3) is 0 Å². The van der Waals surface area contributed by atoms with Crippen LogP contribution in [0.15, 0.2) is 48.5 Å². The Morgan fingerprint density at radius 1 is 1.11 bits per heavy atom. The summed E-state index contributed by atoms with van der Waals surface area (Å²) in [5, 5.41) is 2.99. The van der Waals surface area contributed by atoms with Crippen LogP contribution in [0.2, 0.25) is 0 Å². The molecule has 0 saturated heterocycles. The van der Waals surface area contributed by atoms with E-state index in [1.807, 2.05) is 49.4 Å². The average molecular weight is 409 g/mol. The minimum atomic E-state index is 0. The van der Waals surface area contributed by atoms with Crippen molar-refractivity contribution in [1.82, 2.24) is 14.9 Å². The molecule has 2 aromatic carbocycles. The smallest absolute Gasteiger partial charge is 0.220 e. The van der Waals surface area contributed by atoms with Gasteiger partial charge in [-0.1, -0.05) is 30.3 Å². The fourth-order valence-electron chi connectivity index (χ4n) is 3.04. The van der Waals surface area contributed by atoms with Crippen LogP contribution in [-0.4, -0.2) is 22.0 Å². The molecule has 0 bridgehead atoms. The minimum absolute atomic E-state index is 0. The number of aromatic nitrogens is 2. The fourth-order valence-corrected chi connectivity index (χ4v) is 3.04. The van der Waals surface area contributed by atoms with E-state index >= 15 is 0 Å². The first kappa shape index (κ1) is 22.8. The molecule has 1 aromatic heterocycles. The SMILES string of the molecule is Cc1nc2ccccc2n1CCCNC(=O)CCc1ccccc1N.Cl.Cl. The Morgan fingerprint density at radius 3 is 2.59 bits per heavy atom. The van der Waals surface area contributed by atoms with Gasteiger partial charge in [0.2, 0.25) is 5.91 Å². The number of nitrogens with zero attached hydrogens (tertiary/aromatic N) is 2. The predicted octanol–water partition coefficient (Wildman–Crippen LogP) is 3.91.